The summed E-state index contributed by atoms with van der Waals surface area (Å²) in [6, 6.07) is -1.13. The molecular weight excluding hydrogens is 935 g/mol. The van der Waals surface area contributed by atoms with Gasteiger partial charge in [0, 0.05) is 58.5 Å². The van der Waals surface area contributed by atoms with Gasteiger partial charge in [-0.1, -0.05) is 91.8 Å². The van der Waals surface area contributed by atoms with Crippen molar-refractivity contribution in [2.24, 2.45) is 35.5 Å². The number of methoxy groups -OCH3 is 3. The number of fused-ring (bicyclic) bond motifs is 3. The Morgan fingerprint density at radius 3 is 2.18 bits per heavy atom. The first-order chi connectivity index (χ1) is 33.7. The summed E-state index contributed by atoms with van der Waals surface area (Å²) in [5.74, 6) is -7.77. The fraction of sp³-hybridized carbons (Fsp3) is 0.772. The molecule has 72 heavy (non-hydrogen) atoms. The van der Waals surface area contributed by atoms with Crippen LogP contribution >= 0.6 is 0 Å². The lowest BCUT2D eigenvalue weighted by atomic mass is 9.78. The molecule has 4 aliphatic rings. The molecule has 0 unspecified atom stereocenters. The lowest BCUT2D eigenvalue weighted by Crippen LogP contribution is -2.61. The van der Waals surface area contributed by atoms with Gasteiger partial charge in [0.25, 0.3) is 11.7 Å². The molecule has 2 N–H and O–H groups in total. The second kappa shape index (κ2) is 27.1. The zero-order valence-electron chi connectivity index (χ0n) is 46.6. The maximum Gasteiger partial charge on any atom is 0.329 e. The van der Waals surface area contributed by atoms with Crippen LogP contribution in [0.4, 0.5) is 0 Å². The summed E-state index contributed by atoms with van der Waals surface area (Å²) in [6.45, 7) is 24.1. The summed E-state index contributed by atoms with van der Waals surface area (Å²) < 4.78 is 37.0. The quantitative estimate of drug-likeness (QED) is 0.102. The molecule has 408 valence electrons. The Labute approximate surface area is 433 Å². The van der Waals surface area contributed by atoms with E-state index < -0.39 is 86.1 Å². The number of ether oxygens (including phenoxy) is 5. The van der Waals surface area contributed by atoms with Gasteiger partial charge in [0.1, 0.15) is 30.1 Å². The molecule has 4 rings (SSSR count). The molecule has 1 saturated carbocycles. The Bertz CT molecular complexity index is 1970. The summed E-state index contributed by atoms with van der Waals surface area (Å²) in [5.41, 5.74) is 1.29. The van der Waals surface area contributed by atoms with E-state index in [1.54, 1.807) is 41.1 Å². The predicted octanol–water partition coefficient (Wildman–Crippen LogP) is 9.21. The lowest BCUT2D eigenvalue weighted by molar-refractivity contribution is -0.265. The van der Waals surface area contributed by atoms with Crippen LogP contribution in [0.25, 0.3) is 0 Å². The SMILES string of the molecule is CO[C@H]1C[C@@H]2CC[C@@H](C)[C@@](O)(O2)C(=O)C(=O)N2CCCC[C@H]2C(=O)O[C@H]([C@H](C)C[C@@H]2CC[C@H](O[Si](C)(C)C(C)(C)C)[C@H](OC)C2)CC(=O)[C@H](C)/C=C(\C)[C@@H](O)[C@@H](OC)C(=O)[C@H](C)C[C@H](C)/C=C/C=C/C=C/1C. The summed E-state index contributed by atoms with van der Waals surface area (Å²) >= 11 is 0. The van der Waals surface area contributed by atoms with Gasteiger partial charge >= 0.3 is 5.97 Å². The summed E-state index contributed by atoms with van der Waals surface area (Å²) in [4.78, 5) is 72.7. The van der Waals surface area contributed by atoms with Crippen LogP contribution in [0.1, 0.15) is 146 Å². The average Bonchev–Trinajstić information content (AvgIpc) is 3.32. The van der Waals surface area contributed by atoms with Gasteiger partial charge in [0.2, 0.25) is 5.79 Å². The predicted molar refractivity (Wildman–Crippen MR) is 281 cm³/mol. The number of ketones is 3. The van der Waals surface area contributed by atoms with Gasteiger partial charge in [-0.15, -0.1) is 0 Å². The molecule has 15 heteroatoms. The van der Waals surface area contributed by atoms with Gasteiger partial charge in [-0.05, 0) is 125 Å². The minimum absolute atomic E-state index is 0.0209. The molecule has 0 aromatic rings. The highest BCUT2D eigenvalue weighted by Gasteiger charge is 2.53. The number of esters is 1. The molecular formula is C57H93NO13Si. The Hall–Kier alpha value is -3.15. The number of hydrogen-bond acceptors (Lipinski definition) is 13. The number of piperidine rings is 1. The van der Waals surface area contributed by atoms with E-state index in [2.05, 4.69) is 33.9 Å². The first kappa shape index (κ1) is 61.4. The van der Waals surface area contributed by atoms with Crippen LogP contribution in [0.5, 0.6) is 0 Å². The largest absolute Gasteiger partial charge is 0.460 e. The highest BCUT2D eigenvalue weighted by atomic mass is 28.4. The maximum absolute atomic E-state index is 14.6. The number of cyclic esters (lactones) is 1. The van der Waals surface area contributed by atoms with Crippen molar-refractivity contribution in [1.29, 1.82) is 0 Å². The van der Waals surface area contributed by atoms with E-state index in [1.807, 2.05) is 58.1 Å². The molecule has 3 aliphatic heterocycles. The number of carbonyl (C=O) groups excluding carboxylic acids is 5. The van der Waals surface area contributed by atoms with Crippen molar-refractivity contribution in [3.63, 3.8) is 0 Å². The van der Waals surface area contributed by atoms with Crippen molar-refractivity contribution in [1.82, 2.24) is 4.90 Å². The molecule has 3 fully saturated rings. The fourth-order valence-electron chi connectivity index (χ4n) is 10.8. The van der Waals surface area contributed by atoms with Gasteiger partial charge in [-0.25, -0.2) is 4.79 Å². The molecule has 3 heterocycles. The molecule has 1 amide bonds. The molecule has 14 nitrogen and oxygen atoms in total. The van der Waals surface area contributed by atoms with Gasteiger partial charge < -0.3 is 43.2 Å². The molecule has 0 aromatic carbocycles. The van der Waals surface area contributed by atoms with Crippen LogP contribution < -0.4 is 0 Å². The Balaban J connectivity index is 1.70. The van der Waals surface area contributed by atoms with Crippen molar-refractivity contribution < 1.29 is 62.3 Å². The minimum atomic E-state index is -2.43. The number of Topliss-reactive ketones (excluding diaryl/α,β-unsaturated/α-hetero) is 3. The van der Waals surface area contributed by atoms with Crippen LogP contribution in [0.15, 0.2) is 47.6 Å². The molecule has 0 aromatic heterocycles. The van der Waals surface area contributed by atoms with Crippen LogP contribution in [0.2, 0.25) is 18.1 Å². The van der Waals surface area contributed by atoms with Crippen LogP contribution in [-0.4, -0.2) is 135 Å². The Morgan fingerprint density at radius 1 is 0.847 bits per heavy atom. The fourth-order valence-corrected chi connectivity index (χ4v) is 12.2. The van der Waals surface area contributed by atoms with E-state index in [0.717, 1.165) is 24.8 Å². The smallest absolute Gasteiger partial charge is 0.329 e. The number of aliphatic hydroxyl groups excluding tert-OH is 1. The first-order valence-corrected chi connectivity index (χ1v) is 29.8. The lowest BCUT2D eigenvalue weighted by Gasteiger charge is -2.44. The molecule has 2 bridgehead atoms. The standard InChI is InChI=1S/C57H93NO13Si/c1-35-21-17-16-18-22-36(2)47(66-11)33-43-26-24-41(7)57(65,70-43)53(62)54(63)58-28-20-19-23-44(58)55(64)69-48(34-45(59)37(3)30-40(6)51(61)52(68-13)50(60)39(5)29-35)38(4)31-42-25-27-46(49(32-42)67-12)71-72(14,15)56(8,9)10/h16-18,21-22,30,35,37-39,41-44,46-49,51-52,61,65H,19-20,23-29,31-34H2,1-15H3/b18-16+,21-17+,36-22+,40-30+/t35-,37-,38-,39-,41-,42+,43+,44+,46+,47+,48+,49-,51-,52+,57-/m1/s1. The summed E-state index contributed by atoms with van der Waals surface area (Å²) in [5, 5.41) is 23.6. The monoisotopic (exact) mass is 1030 g/mol. The third kappa shape index (κ3) is 15.9. The summed E-state index contributed by atoms with van der Waals surface area (Å²) in [6.07, 6.45) is 12.7. The summed E-state index contributed by atoms with van der Waals surface area (Å²) in [7, 11) is 2.61. The van der Waals surface area contributed by atoms with Gasteiger partial charge in [0.05, 0.1) is 24.4 Å². The Kier molecular flexibility index (Phi) is 23.1. The zero-order chi connectivity index (χ0) is 53.9. The van der Waals surface area contributed by atoms with E-state index >= 15 is 0 Å². The normalized spacial score (nSPS) is 38.2. The molecule has 0 radical (unpaired) electrons. The highest BCUT2D eigenvalue weighted by Crippen LogP contribution is 2.42. The molecule has 2 saturated heterocycles. The van der Waals surface area contributed by atoms with Crippen LogP contribution in [0, 0.1) is 35.5 Å². The van der Waals surface area contributed by atoms with E-state index in [-0.39, 0.29) is 66.0 Å². The highest BCUT2D eigenvalue weighted by molar-refractivity contribution is 6.74. The van der Waals surface area contributed by atoms with E-state index in [9.17, 15) is 34.2 Å². The molecule has 15 atom stereocenters. The van der Waals surface area contributed by atoms with E-state index in [4.69, 9.17) is 28.1 Å². The van der Waals surface area contributed by atoms with Crippen molar-refractivity contribution in [2.75, 3.05) is 27.9 Å². The number of carbonyl (C=O) groups is 5. The second-order valence-electron chi connectivity index (χ2n) is 23.4. The van der Waals surface area contributed by atoms with E-state index in [0.29, 0.717) is 50.5 Å². The second-order valence-corrected chi connectivity index (χ2v) is 28.2. The first-order valence-electron chi connectivity index (χ1n) is 26.9. The van der Waals surface area contributed by atoms with Gasteiger partial charge in [-0.3, -0.25) is 19.2 Å². The number of aliphatic hydroxyl groups is 2. The number of rotatable bonds is 8. The van der Waals surface area contributed by atoms with Crippen LogP contribution in [-0.2, 0) is 52.1 Å². The van der Waals surface area contributed by atoms with Crippen molar-refractivity contribution in [3.8, 4) is 0 Å². The average molecular weight is 1030 g/mol. The van der Waals surface area contributed by atoms with Crippen LogP contribution in [0.3, 0.4) is 0 Å². The van der Waals surface area contributed by atoms with E-state index in [1.165, 1.54) is 12.0 Å². The van der Waals surface area contributed by atoms with Gasteiger partial charge in [-0.2, -0.15) is 0 Å². The minimum Gasteiger partial charge on any atom is -0.460 e. The number of allylic oxidation sites excluding steroid dienone is 6. The Morgan fingerprint density at radius 2 is 1.54 bits per heavy atom. The number of hydrogen-bond donors (Lipinski definition) is 2. The number of amides is 1. The van der Waals surface area contributed by atoms with Crippen molar-refractivity contribution in [2.45, 2.75) is 219 Å². The van der Waals surface area contributed by atoms with Gasteiger partial charge in [0.15, 0.2) is 14.1 Å². The maximum atomic E-state index is 14.6. The molecule has 0 spiro atoms. The number of nitrogens with zero attached hydrogens (tertiary/aromatic N) is 1. The van der Waals surface area contributed by atoms with Crippen molar-refractivity contribution >= 4 is 37.5 Å². The zero-order valence-corrected chi connectivity index (χ0v) is 47.6. The third-order valence-corrected chi connectivity index (χ3v) is 21.2. The van der Waals surface area contributed by atoms with Crippen molar-refractivity contribution in [3.05, 3.63) is 47.6 Å². The topological polar surface area (TPSA) is 184 Å². The third-order valence-electron chi connectivity index (χ3n) is 16.7. The molecule has 1 aliphatic carbocycles.